The minimum absolute atomic E-state index is 0.315. The summed E-state index contributed by atoms with van der Waals surface area (Å²) in [6.45, 7) is 2.15. The van der Waals surface area contributed by atoms with Gasteiger partial charge >= 0.3 is 5.97 Å². The number of rotatable bonds is 13. The third-order valence-electron chi connectivity index (χ3n) is 3.75. The summed E-state index contributed by atoms with van der Waals surface area (Å²) in [6.07, 6.45) is 19.9. The molecule has 1 aliphatic rings. The van der Waals surface area contributed by atoms with Gasteiger partial charge in [-0.05, 0) is 38.5 Å². The van der Waals surface area contributed by atoms with Crippen LogP contribution in [0, 0.1) is 0 Å². The lowest BCUT2D eigenvalue weighted by Gasteiger charge is -1.98. The number of carbonyl (C=O) groups is 1. The fourth-order valence-corrected chi connectivity index (χ4v) is 2.41. The molecule has 21 heavy (non-hydrogen) atoms. The van der Waals surface area contributed by atoms with Gasteiger partial charge in [-0.15, -0.1) is 0 Å². The number of unbranched alkanes of at least 4 members (excludes halogenated alkanes) is 5. The van der Waals surface area contributed by atoms with E-state index in [0.717, 1.165) is 44.9 Å². The molecule has 2 unspecified atom stereocenters. The summed E-state index contributed by atoms with van der Waals surface area (Å²) in [5, 5.41) is 8.52. The van der Waals surface area contributed by atoms with Crippen LogP contribution in [0.4, 0.5) is 0 Å². The predicted molar refractivity (Wildman–Crippen MR) is 86.4 cm³/mol. The van der Waals surface area contributed by atoms with Crippen LogP contribution in [0.5, 0.6) is 0 Å². The lowest BCUT2D eigenvalue weighted by atomic mass is 10.1. The van der Waals surface area contributed by atoms with Gasteiger partial charge in [-0.3, -0.25) is 4.79 Å². The molecule has 0 amide bonds. The SMILES string of the molecule is CC/C=C/CC1OC1C/C=C/CCCCCCCC(=O)O. The maximum atomic E-state index is 10.3. The number of allylic oxidation sites excluding steroid dienone is 2. The van der Waals surface area contributed by atoms with E-state index in [1.807, 2.05) is 0 Å². The van der Waals surface area contributed by atoms with E-state index in [9.17, 15) is 4.79 Å². The van der Waals surface area contributed by atoms with Gasteiger partial charge in [0.15, 0.2) is 0 Å². The number of carboxylic acid groups (broad SMARTS) is 1. The van der Waals surface area contributed by atoms with E-state index >= 15 is 0 Å². The molecule has 1 N–H and O–H groups in total. The summed E-state index contributed by atoms with van der Waals surface area (Å²) >= 11 is 0. The Morgan fingerprint density at radius 1 is 0.952 bits per heavy atom. The summed E-state index contributed by atoms with van der Waals surface area (Å²) in [4.78, 5) is 10.3. The van der Waals surface area contributed by atoms with E-state index in [1.54, 1.807) is 0 Å². The van der Waals surface area contributed by atoms with Crippen LogP contribution in [0.1, 0.15) is 71.1 Å². The number of hydrogen-bond acceptors (Lipinski definition) is 2. The molecule has 0 aromatic rings. The molecule has 0 aromatic carbocycles. The highest BCUT2D eigenvalue weighted by atomic mass is 16.6. The van der Waals surface area contributed by atoms with Gasteiger partial charge in [0.2, 0.25) is 0 Å². The normalized spacial score (nSPS) is 21.4. The highest BCUT2D eigenvalue weighted by Gasteiger charge is 2.35. The van der Waals surface area contributed by atoms with Crippen LogP contribution in [0.3, 0.4) is 0 Å². The van der Waals surface area contributed by atoms with Gasteiger partial charge in [0.05, 0.1) is 12.2 Å². The Morgan fingerprint density at radius 2 is 1.57 bits per heavy atom. The first-order valence-corrected chi connectivity index (χ1v) is 8.41. The second kappa shape index (κ2) is 11.6. The molecule has 0 bridgehead atoms. The molecular weight excluding hydrogens is 264 g/mol. The quantitative estimate of drug-likeness (QED) is 0.299. The van der Waals surface area contributed by atoms with Gasteiger partial charge < -0.3 is 9.84 Å². The van der Waals surface area contributed by atoms with E-state index < -0.39 is 5.97 Å². The Kier molecular flexibility index (Phi) is 9.88. The number of aliphatic carboxylic acids is 1. The van der Waals surface area contributed by atoms with Gasteiger partial charge in [0, 0.05) is 6.42 Å². The van der Waals surface area contributed by atoms with Crippen molar-refractivity contribution in [1.82, 2.24) is 0 Å². The summed E-state index contributed by atoms with van der Waals surface area (Å²) < 4.78 is 5.60. The van der Waals surface area contributed by atoms with Crippen LogP contribution in [0.2, 0.25) is 0 Å². The van der Waals surface area contributed by atoms with Crippen molar-refractivity contribution in [2.24, 2.45) is 0 Å². The summed E-state index contributed by atoms with van der Waals surface area (Å²) in [7, 11) is 0. The molecule has 1 fully saturated rings. The topological polar surface area (TPSA) is 49.8 Å². The molecule has 0 aliphatic carbocycles. The van der Waals surface area contributed by atoms with Crippen LogP contribution >= 0.6 is 0 Å². The third kappa shape index (κ3) is 10.3. The first kappa shape index (κ1) is 18.0. The molecule has 0 spiro atoms. The largest absolute Gasteiger partial charge is 0.481 e. The lowest BCUT2D eigenvalue weighted by molar-refractivity contribution is -0.137. The lowest BCUT2D eigenvalue weighted by Crippen LogP contribution is -1.93. The molecule has 120 valence electrons. The summed E-state index contributed by atoms with van der Waals surface area (Å²) in [6, 6.07) is 0. The fourth-order valence-electron chi connectivity index (χ4n) is 2.41. The highest BCUT2D eigenvalue weighted by molar-refractivity contribution is 5.66. The second-order valence-electron chi connectivity index (χ2n) is 5.74. The minimum Gasteiger partial charge on any atom is -0.481 e. The molecule has 0 aromatic heterocycles. The molecule has 1 aliphatic heterocycles. The van der Waals surface area contributed by atoms with Crippen LogP contribution in [0.15, 0.2) is 24.3 Å². The number of hydrogen-bond donors (Lipinski definition) is 1. The minimum atomic E-state index is -0.677. The molecule has 0 saturated carbocycles. The molecule has 1 saturated heterocycles. The van der Waals surface area contributed by atoms with Gasteiger partial charge in [0.25, 0.3) is 0 Å². The zero-order chi connectivity index (χ0) is 15.3. The zero-order valence-electron chi connectivity index (χ0n) is 13.3. The average Bonchev–Trinajstić information content (AvgIpc) is 3.19. The van der Waals surface area contributed by atoms with E-state index in [2.05, 4.69) is 31.2 Å². The Hall–Kier alpha value is -1.09. The van der Waals surface area contributed by atoms with Crippen LogP contribution < -0.4 is 0 Å². The van der Waals surface area contributed by atoms with Crippen LogP contribution in [-0.4, -0.2) is 23.3 Å². The highest BCUT2D eigenvalue weighted by Crippen LogP contribution is 2.29. The van der Waals surface area contributed by atoms with Crippen molar-refractivity contribution in [1.29, 1.82) is 0 Å². The van der Waals surface area contributed by atoms with Crippen molar-refractivity contribution < 1.29 is 14.6 Å². The number of carboxylic acids is 1. The Labute approximate surface area is 129 Å². The van der Waals surface area contributed by atoms with Crippen molar-refractivity contribution >= 4 is 5.97 Å². The van der Waals surface area contributed by atoms with Crippen molar-refractivity contribution in [3.05, 3.63) is 24.3 Å². The first-order chi connectivity index (χ1) is 10.2. The van der Waals surface area contributed by atoms with Crippen molar-refractivity contribution in [3.8, 4) is 0 Å². The van der Waals surface area contributed by atoms with Gasteiger partial charge in [0.1, 0.15) is 0 Å². The third-order valence-corrected chi connectivity index (χ3v) is 3.75. The van der Waals surface area contributed by atoms with E-state index in [0.29, 0.717) is 18.6 Å². The summed E-state index contributed by atoms with van der Waals surface area (Å²) in [5.41, 5.74) is 0. The van der Waals surface area contributed by atoms with Crippen LogP contribution in [0.25, 0.3) is 0 Å². The maximum Gasteiger partial charge on any atom is 0.303 e. The molecule has 1 heterocycles. The fraction of sp³-hybridized carbons (Fsp3) is 0.722. The first-order valence-electron chi connectivity index (χ1n) is 8.41. The Balaban J connectivity index is 1.84. The van der Waals surface area contributed by atoms with Crippen molar-refractivity contribution in [2.45, 2.75) is 83.3 Å². The second-order valence-corrected chi connectivity index (χ2v) is 5.74. The molecule has 2 atom stereocenters. The van der Waals surface area contributed by atoms with Gasteiger partial charge in [-0.1, -0.05) is 50.5 Å². The monoisotopic (exact) mass is 294 g/mol. The van der Waals surface area contributed by atoms with E-state index in [1.165, 1.54) is 12.8 Å². The molecule has 3 nitrogen and oxygen atoms in total. The molecule has 1 rings (SSSR count). The Morgan fingerprint density at radius 3 is 2.24 bits per heavy atom. The van der Waals surface area contributed by atoms with E-state index in [4.69, 9.17) is 9.84 Å². The summed E-state index contributed by atoms with van der Waals surface area (Å²) in [5.74, 6) is -0.677. The average molecular weight is 294 g/mol. The standard InChI is InChI=1S/C18H30O3/c1-2-3-10-13-16-17(21-16)14-11-8-6-4-5-7-9-12-15-18(19)20/h3,8,10-11,16-17H,2,4-7,9,12-15H2,1H3,(H,19,20)/b10-3+,11-8+. The van der Waals surface area contributed by atoms with E-state index in [-0.39, 0.29) is 0 Å². The van der Waals surface area contributed by atoms with Gasteiger partial charge in [-0.2, -0.15) is 0 Å². The van der Waals surface area contributed by atoms with Crippen LogP contribution in [-0.2, 0) is 9.53 Å². The Bertz CT molecular complexity index is 333. The molecular formula is C18H30O3. The molecule has 0 radical (unpaired) electrons. The number of epoxide rings is 1. The zero-order valence-corrected chi connectivity index (χ0v) is 13.3. The smallest absolute Gasteiger partial charge is 0.303 e. The number of ether oxygens (including phenoxy) is 1. The van der Waals surface area contributed by atoms with Crippen molar-refractivity contribution in [3.63, 3.8) is 0 Å². The van der Waals surface area contributed by atoms with Crippen molar-refractivity contribution in [2.75, 3.05) is 0 Å². The predicted octanol–water partition coefficient (Wildman–Crippen LogP) is 4.87. The molecule has 3 heteroatoms. The van der Waals surface area contributed by atoms with Gasteiger partial charge in [-0.25, -0.2) is 0 Å². The maximum absolute atomic E-state index is 10.3.